The summed E-state index contributed by atoms with van der Waals surface area (Å²) in [5.41, 5.74) is 1.64. The average Bonchev–Trinajstić information content (AvgIpc) is 2.46. The second kappa shape index (κ2) is 6.34. The Morgan fingerprint density at radius 1 is 1.05 bits per heavy atom. The van der Waals surface area contributed by atoms with E-state index in [4.69, 9.17) is 4.74 Å². The first-order chi connectivity index (χ1) is 9.19. The molecule has 0 fully saturated rings. The Morgan fingerprint density at radius 3 is 2.26 bits per heavy atom. The van der Waals surface area contributed by atoms with Gasteiger partial charge in [-0.1, -0.05) is 34.1 Å². The Morgan fingerprint density at radius 2 is 1.68 bits per heavy atom. The van der Waals surface area contributed by atoms with Crippen molar-refractivity contribution in [2.75, 3.05) is 7.11 Å². The SMILES string of the molecule is COc1ccc(C(=O)/C=C\c2ccc(Br)cc2)cc1. The number of carbonyl (C=O) groups excluding carboxylic acids is 1. The van der Waals surface area contributed by atoms with Gasteiger partial charge in [0, 0.05) is 10.0 Å². The van der Waals surface area contributed by atoms with Crippen molar-refractivity contribution in [1.82, 2.24) is 0 Å². The van der Waals surface area contributed by atoms with E-state index in [2.05, 4.69) is 15.9 Å². The molecular weight excluding hydrogens is 304 g/mol. The quantitative estimate of drug-likeness (QED) is 0.619. The molecule has 0 aliphatic heterocycles. The van der Waals surface area contributed by atoms with Gasteiger partial charge in [0.1, 0.15) is 5.75 Å². The highest BCUT2D eigenvalue weighted by Gasteiger charge is 2.01. The number of carbonyl (C=O) groups is 1. The molecule has 19 heavy (non-hydrogen) atoms. The monoisotopic (exact) mass is 316 g/mol. The number of allylic oxidation sites excluding steroid dienone is 1. The molecule has 2 aromatic rings. The fourth-order valence-electron chi connectivity index (χ4n) is 1.60. The van der Waals surface area contributed by atoms with Gasteiger partial charge in [-0.3, -0.25) is 4.79 Å². The van der Waals surface area contributed by atoms with E-state index < -0.39 is 0 Å². The molecule has 2 aromatic carbocycles. The maximum Gasteiger partial charge on any atom is 0.185 e. The predicted molar refractivity (Wildman–Crippen MR) is 80.5 cm³/mol. The Kier molecular flexibility index (Phi) is 4.53. The zero-order valence-corrected chi connectivity index (χ0v) is 12.1. The summed E-state index contributed by atoms with van der Waals surface area (Å²) in [6, 6.07) is 14.8. The Balaban J connectivity index is 2.09. The van der Waals surface area contributed by atoms with Crippen LogP contribution >= 0.6 is 15.9 Å². The molecule has 0 heterocycles. The fraction of sp³-hybridized carbons (Fsp3) is 0.0625. The number of methoxy groups -OCH3 is 1. The third kappa shape index (κ3) is 3.80. The Hall–Kier alpha value is -1.87. The molecule has 0 unspecified atom stereocenters. The van der Waals surface area contributed by atoms with E-state index in [9.17, 15) is 4.79 Å². The lowest BCUT2D eigenvalue weighted by Gasteiger charge is -2.00. The third-order valence-corrected chi connectivity index (χ3v) is 3.20. The van der Waals surface area contributed by atoms with Crippen LogP contribution in [0, 0.1) is 0 Å². The molecule has 0 bridgehead atoms. The van der Waals surface area contributed by atoms with Crippen LogP contribution < -0.4 is 4.74 Å². The topological polar surface area (TPSA) is 26.3 Å². The summed E-state index contributed by atoms with van der Waals surface area (Å²) in [5.74, 6) is 0.721. The van der Waals surface area contributed by atoms with Crippen LogP contribution in [0.15, 0.2) is 59.1 Å². The van der Waals surface area contributed by atoms with Crippen molar-refractivity contribution < 1.29 is 9.53 Å². The van der Waals surface area contributed by atoms with Gasteiger partial charge in [0.05, 0.1) is 7.11 Å². The number of rotatable bonds is 4. The van der Waals surface area contributed by atoms with Gasteiger partial charge in [0.2, 0.25) is 0 Å². The number of hydrogen-bond acceptors (Lipinski definition) is 2. The van der Waals surface area contributed by atoms with Crippen molar-refractivity contribution >= 4 is 27.8 Å². The summed E-state index contributed by atoms with van der Waals surface area (Å²) in [5, 5.41) is 0. The van der Waals surface area contributed by atoms with Gasteiger partial charge in [-0.25, -0.2) is 0 Å². The minimum atomic E-state index is -0.0226. The number of ketones is 1. The molecule has 0 saturated carbocycles. The third-order valence-electron chi connectivity index (χ3n) is 2.67. The van der Waals surface area contributed by atoms with Gasteiger partial charge in [0.25, 0.3) is 0 Å². The summed E-state index contributed by atoms with van der Waals surface area (Å²) in [6.07, 6.45) is 3.38. The highest BCUT2D eigenvalue weighted by atomic mass is 79.9. The van der Waals surface area contributed by atoms with Gasteiger partial charge in [-0.2, -0.15) is 0 Å². The molecule has 0 aliphatic rings. The lowest BCUT2D eigenvalue weighted by Crippen LogP contribution is -1.94. The summed E-state index contributed by atoms with van der Waals surface area (Å²) >= 11 is 3.37. The van der Waals surface area contributed by atoms with Crippen molar-refractivity contribution in [3.63, 3.8) is 0 Å². The van der Waals surface area contributed by atoms with Gasteiger partial charge in [0.15, 0.2) is 5.78 Å². The molecule has 0 saturated heterocycles. The first-order valence-electron chi connectivity index (χ1n) is 5.81. The lowest BCUT2D eigenvalue weighted by molar-refractivity contribution is 0.104. The maximum atomic E-state index is 11.9. The van der Waals surface area contributed by atoms with Crippen molar-refractivity contribution in [2.45, 2.75) is 0 Å². The number of halogens is 1. The van der Waals surface area contributed by atoms with Gasteiger partial charge in [-0.15, -0.1) is 0 Å². The average molecular weight is 317 g/mol. The van der Waals surface area contributed by atoms with E-state index in [1.807, 2.05) is 24.3 Å². The highest BCUT2D eigenvalue weighted by molar-refractivity contribution is 9.10. The van der Waals surface area contributed by atoms with E-state index >= 15 is 0 Å². The van der Waals surface area contributed by atoms with Crippen LogP contribution in [0.25, 0.3) is 6.08 Å². The highest BCUT2D eigenvalue weighted by Crippen LogP contribution is 2.14. The zero-order chi connectivity index (χ0) is 13.7. The van der Waals surface area contributed by atoms with E-state index in [1.165, 1.54) is 0 Å². The zero-order valence-electron chi connectivity index (χ0n) is 10.5. The van der Waals surface area contributed by atoms with Crippen LogP contribution in [0.2, 0.25) is 0 Å². The van der Waals surface area contributed by atoms with E-state index in [-0.39, 0.29) is 5.78 Å². The number of benzene rings is 2. The molecule has 0 spiro atoms. The van der Waals surface area contributed by atoms with E-state index in [0.717, 1.165) is 15.8 Å². The van der Waals surface area contributed by atoms with Crippen molar-refractivity contribution in [3.8, 4) is 5.75 Å². The molecular formula is C16H13BrO2. The molecule has 0 aromatic heterocycles. The molecule has 0 atom stereocenters. The molecule has 96 valence electrons. The summed E-state index contributed by atoms with van der Waals surface area (Å²) in [6.45, 7) is 0. The maximum absolute atomic E-state index is 11.9. The van der Waals surface area contributed by atoms with Crippen LogP contribution in [-0.2, 0) is 0 Å². The minimum absolute atomic E-state index is 0.0226. The second-order valence-electron chi connectivity index (χ2n) is 3.98. The summed E-state index contributed by atoms with van der Waals surface area (Å²) in [7, 11) is 1.60. The molecule has 0 amide bonds. The predicted octanol–water partition coefficient (Wildman–Crippen LogP) is 4.35. The molecule has 0 aliphatic carbocycles. The standard InChI is InChI=1S/C16H13BrO2/c1-19-15-9-5-13(6-10-15)16(18)11-4-12-2-7-14(17)8-3-12/h2-11H,1H3/b11-4-. The Labute approximate surface area is 120 Å². The van der Waals surface area contributed by atoms with Crippen LogP contribution in [0.4, 0.5) is 0 Å². The first kappa shape index (κ1) is 13.6. The van der Waals surface area contributed by atoms with Gasteiger partial charge < -0.3 is 4.74 Å². The van der Waals surface area contributed by atoms with Crippen molar-refractivity contribution in [3.05, 3.63) is 70.2 Å². The smallest absolute Gasteiger partial charge is 0.185 e. The first-order valence-corrected chi connectivity index (χ1v) is 6.60. The van der Waals surface area contributed by atoms with Gasteiger partial charge >= 0.3 is 0 Å². The normalized spacial score (nSPS) is 10.6. The molecule has 2 rings (SSSR count). The van der Waals surface area contributed by atoms with Crippen LogP contribution in [0.1, 0.15) is 15.9 Å². The van der Waals surface area contributed by atoms with Crippen LogP contribution in [0.3, 0.4) is 0 Å². The molecule has 3 heteroatoms. The van der Waals surface area contributed by atoms with Crippen molar-refractivity contribution in [2.24, 2.45) is 0 Å². The van der Waals surface area contributed by atoms with Crippen molar-refractivity contribution in [1.29, 1.82) is 0 Å². The Bertz CT molecular complexity index is 583. The number of ether oxygens (including phenoxy) is 1. The van der Waals surface area contributed by atoms with E-state index in [1.54, 1.807) is 43.5 Å². The summed E-state index contributed by atoms with van der Waals surface area (Å²) in [4.78, 5) is 11.9. The summed E-state index contributed by atoms with van der Waals surface area (Å²) < 4.78 is 6.08. The van der Waals surface area contributed by atoms with Crippen LogP contribution in [-0.4, -0.2) is 12.9 Å². The fourth-order valence-corrected chi connectivity index (χ4v) is 1.86. The molecule has 0 N–H and O–H groups in total. The molecule has 0 radical (unpaired) electrons. The lowest BCUT2D eigenvalue weighted by atomic mass is 10.1. The largest absolute Gasteiger partial charge is 0.497 e. The van der Waals surface area contributed by atoms with E-state index in [0.29, 0.717) is 5.56 Å². The van der Waals surface area contributed by atoms with Gasteiger partial charge in [-0.05, 0) is 48.0 Å². The second-order valence-corrected chi connectivity index (χ2v) is 4.89. The number of hydrogen-bond donors (Lipinski definition) is 0. The minimum Gasteiger partial charge on any atom is -0.497 e. The molecule has 2 nitrogen and oxygen atoms in total. The van der Waals surface area contributed by atoms with Crippen LogP contribution in [0.5, 0.6) is 5.75 Å².